The summed E-state index contributed by atoms with van der Waals surface area (Å²) in [5, 5.41) is 1.07. The molecule has 1 heterocycles. The smallest absolute Gasteiger partial charge is 0.246 e. The van der Waals surface area contributed by atoms with Crippen molar-refractivity contribution in [3.63, 3.8) is 0 Å². The van der Waals surface area contributed by atoms with Crippen LogP contribution in [0, 0.1) is 0 Å². The van der Waals surface area contributed by atoms with Crippen LogP contribution in [0.1, 0.15) is 0 Å². The van der Waals surface area contributed by atoms with Crippen LogP contribution in [0.2, 0.25) is 10.0 Å². The summed E-state index contributed by atoms with van der Waals surface area (Å²) in [4.78, 5) is 12.9. The third-order valence-electron chi connectivity index (χ3n) is 2.45. The molecule has 0 atom stereocenters. The Labute approximate surface area is 109 Å². The summed E-state index contributed by atoms with van der Waals surface area (Å²) in [5.74, 6) is -0.442. The number of benzene rings is 1. The molecule has 5 heteroatoms. The van der Waals surface area contributed by atoms with Gasteiger partial charge in [-0.25, -0.2) is 0 Å². The van der Waals surface area contributed by atoms with E-state index in [-0.39, 0.29) is 0 Å². The van der Waals surface area contributed by atoms with Gasteiger partial charge in [-0.05, 0) is 18.2 Å². The number of para-hydroxylation sites is 1. The summed E-state index contributed by atoms with van der Waals surface area (Å²) in [7, 11) is 0. The quantitative estimate of drug-likeness (QED) is 0.897. The number of carbonyl (C=O) groups is 1. The number of halogens is 2. The molecule has 2 rings (SSSR count). The molecular formula is C12H10Cl2N2O. The highest BCUT2D eigenvalue weighted by Crippen LogP contribution is 2.34. The van der Waals surface area contributed by atoms with Crippen LogP contribution in [0.4, 0.5) is 5.69 Å². The maximum Gasteiger partial charge on any atom is 0.246 e. The second-order valence-corrected chi connectivity index (χ2v) is 4.41. The second kappa shape index (κ2) is 4.82. The van der Waals surface area contributed by atoms with Gasteiger partial charge < -0.3 is 10.6 Å². The van der Waals surface area contributed by atoms with E-state index in [1.54, 1.807) is 41.5 Å². The zero-order valence-electron chi connectivity index (χ0n) is 8.86. The Hall–Kier alpha value is -1.45. The molecule has 0 radical (unpaired) electrons. The van der Waals surface area contributed by atoms with Crippen molar-refractivity contribution in [2.45, 2.75) is 0 Å². The lowest BCUT2D eigenvalue weighted by molar-refractivity contribution is -0.114. The summed E-state index contributed by atoms with van der Waals surface area (Å²) in [6.07, 6.45) is 5.23. The molecule has 0 saturated carbocycles. The average Bonchev–Trinajstić information content (AvgIpc) is 2.29. The molecule has 0 unspecified atom stereocenters. The van der Waals surface area contributed by atoms with Gasteiger partial charge >= 0.3 is 0 Å². The van der Waals surface area contributed by atoms with Crippen LogP contribution in [0.5, 0.6) is 0 Å². The molecule has 1 aromatic carbocycles. The Kier molecular flexibility index (Phi) is 3.41. The molecule has 0 aromatic heterocycles. The third-order valence-corrected chi connectivity index (χ3v) is 3.06. The van der Waals surface area contributed by atoms with Gasteiger partial charge in [0.1, 0.15) is 0 Å². The highest BCUT2D eigenvalue weighted by Gasteiger charge is 2.17. The van der Waals surface area contributed by atoms with E-state index in [9.17, 15) is 4.79 Å². The Morgan fingerprint density at radius 1 is 1.29 bits per heavy atom. The first kappa shape index (κ1) is 12.0. The van der Waals surface area contributed by atoms with Crippen molar-refractivity contribution in [1.82, 2.24) is 0 Å². The fourth-order valence-electron chi connectivity index (χ4n) is 1.63. The minimum Gasteiger partial charge on any atom is -0.366 e. The number of amides is 1. The van der Waals surface area contributed by atoms with Crippen molar-refractivity contribution in [3.05, 3.63) is 52.2 Å². The summed E-state index contributed by atoms with van der Waals surface area (Å²) >= 11 is 12.2. The zero-order chi connectivity index (χ0) is 12.4. The monoisotopic (exact) mass is 268 g/mol. The van der Waals surface area contributed by atoms with Crippen LogP contribution in [0.15, 0.2) is 42.1 Å². The maximum absolute atomic E-state index is 11.1. The number of nitrogens with two attached hydrogens (primary N) is 1. The molecule has 0 saturated heterocycles. The van der Waals surface area contributed by atoms with E-state index in [4.69, 9.17) is 28.9 Å². The molecule has 1 amide bonds. The van der Waals surface area contributed by atoms with Gasteiger partial charge in [-0.3, -0.25) is 4.79 Å². The van der Waals surface area contributed by atoms with Crippen LogP contribution in [0.3, 0.4) is 0 Å². The molecule has 2 N–H and O–H groups in total. The van der Waals surface area contributed by atoms with Gasteiger partial charge in [0.05, 0.1) is 22.3 Å². The fraction of sp³-hybridized carbons (Fsp3) is 0.0833. The normalized spacial score (nSPS) is 14.7. The summed E-state index contributed by atoms with van der Waals surface area (Å²) < 4.78 is 0. The highest BCUT2D eigenvalue weighted by atomic mass is 35.5. The van der Waals surface area contributed by atoms with Crippen LogP contribution in [-0.4, -0.2) is 12.5 Å². The lowest BCUT2D eigenvalue weighted by atomic mass is 10.1. The summed E-state index contributed by atoms with van der Waals surface area (Å²) in [6, 6.07) is 5.27. The number of hydrogen-bond donors (Lipinski definition) is 1. The minimum absolute atomic E-state index is 0.370. The van der Waals surface area contributed by atoms with Crippen molar-refractivity contribution >= 4 is 34.8 Å². The van der Waals surface area contributed by atoms with E-state index >= 15 is 0 Å². The number of rotatable bonds is 2. The van der Waals surface area contributed by atoms with Crippen molar-refractivity contribution < 1.29 is 4.79 Å². The van der Waals surface area contributed by atoms with E-state index in [2.05, 4.69) is 0 Å². The molecule has 1 aliphatic heterocycles. The van der Waals surface area contributed by atoms with Crippen LogP contribution < -0.4 is 10.6 Å². The number of anilines is 1. The summed E-state index contributed by atoms with van der Waals surface area (Å²) in [5.41, 5.74) is 6.45. The van der Waals surface area contributed by atoms with Crippen LogP contribution in [0.25, 0.3) is 0 Å². The number of nitrogens with zero attached hydrogens (tertiary/aromatic N) is 1. The number of carbonyl (C=O) groups excluding carboxylic acids is 1. The Morgan fingerprint density at radius 3 is 2.53 bits per heavy atom. The number of hydrogen-bond acceptors (Lipinski definition) is 2. The molecule has 0 fully saturated rings. The van der Waals surface area contributed by atoms with Gasteiger partial charge in [0.2, 0.25) is 5.91 Å². The first-order valence-corrected chi connectivity index (χ1v) is 5.73. The maximum atomic E-state index is 11.1. The zero-order valence-corrected chi connectivity index (χ0v) is 10.4. The molecule has 1 aliphatic rings. The van der Waals surface area contributed by atoms with E-state index in [1.165, 1.54) is 0 Å². The average molecular weight is 269 g/mol. The predicted octanol–water partition coefficient (Wildman–Crippen LogP) is 2.74. The molecule has 0 bridgehead atoms. The Morgan fingerprint density at radius 2 is 1.94 bits per heavy atom. The highest BCUT2D eigenvalue weighted by molar-refractivity contribution is 6.39. The predicted molar refractivity (Wildman–Crippen MR) is 70.2 cm³/mol. The molecule has 3 nitrogen and oxygen atoms in total. The topological polar surface area (TPSA) is 46.3 Å². The summed E-state index contributed by atoms with van der Waals surface area (Å²) in [6.45, 7) is 0.370. The largest absolute Gasteiger partial charge is 0.366 e. The van der Waals surface area contributed by atoms with Crippen LogP contribution >= 0.6 is 23.2 Å². The van der Waals surface area contributed by atoms with E-state index < -0.39 is 5.91 Å². The van der Waals surface area contributed by atoms with Gasteiger partial charge in [0.15, 0.2) is 0 Å². The van der Waals surface area contributed by atoms with Gasteiger partial charge in [-0.1, -0.05) is 35.3 Å². The molecule has 88 valence electrons. The van der Waals surface area contributed by atoms with Crippen LogP contribution in [-0.2, 0) is 4.79 Å². The Bertz CT molecular complexity index is 503. The minimum atomic E-state index is -0.442. The van der Waals surface area contributed by atoms with E-state index in [0.29, 0.717) is 27.9 Å². The molecule has 0 spiro atoms. The third kappa shape index (κ3) is 2.46. The van der Waals surface area contributed by atoms with Gasteiger partial charge in [0, 0.05) is 11.8 Å². The fourth-order valence-corrected chi connectivity index (χ4v) is 2.24. The number of primary amides is 1. The SMILES string of the molecule is NC(=O)C1=CC=CN(c2c(Cl)cccc2Cl)C1. The van der Waals surface area contributed by atoms with Crippen molar-refractivity contribution in [2.24, 2.45) is 5.73 Å². The standard InChI is InChI=1S/C12H10Cl2N2O/c13-9-4-1-5-10(14)11(9)16-6-2-3-8(7-16)12(15)17/h1-6H,7H2,(H2,15,17). The Balaban J connectivity index is 2.35. The van der Waals surface area contributed by atoms with Crippen molar-refractivity contribution in [3.8, 4) is 0 Å². The molecule has 1 aromatic rings. The van der Waals surface area contributed by atoms with Crippen molar-refractivity contribution in [2.75, 3.05) is 11.4 Å². The molecule has 17 heavy (non-hydrogen) atoms. The first-order chi connectivity index (χ1) is 8.09. The molecule has 0 aliphatic carbocycles. The second-order valence-electron chi connectivity index (χ2n) is 3.60. The lowest BCUT2D eigenvalue weighted by Gasteiger charge is -2.25. The van der Waals surface area contributed by atoms with E-state index in [1.807, 2.05) is 0 Å². The number of allylic oxidation sites excluding steroid dienone is 2. The van der Waals surface area contributed by atoms with Gasteiger partial charge in [0.25, 0.3) is 0 Å². The van der Waals surface area contributed by atoms with E-state index in [0.717, 1.165) is 0 Å². The van der Waals surface area contributed by atoms with Gasteiger partial charge in [-0.2, -0.15) is 0 Å². The van der Waals surface area contributed by atoms with Gasteiger partial charge in [-0.15, -0.1) is 0 Å². The molecular weight excluding hydrogens is 259 g/mol. The lowest BCUT2D eigenvalue weighted by Crippen LogP contribution is -2.28. The van der Waals surface area contributed by atoms with Crippen molar-refractivity contribution in [1.29, 1.82) is 0 Å². The first-order valence-electron chi connectivity index (χ1n) is 4.97.